The molecule has 1 saturated carbocycles. The zero-order valence-electron chi connectivity index (χ0n) is 19.4. The summed E-state index contributed by atoms with van der Waals surface area (Å²) in [6, 6.07) is 9.30. The maximum Gasteiger partial charge on any atom is 0.354 e. The van der Waals surface area contributed by atoms with Gasteiger partial charge in [0.05, 0.1) is 13.2 Å². The van der Waals surface area contributed by atoms with Crippen LogP contribution in [0.3, 0.4) is 0 Å². The Hall–Kier alpha value is -2.89. The number of carbonyl (C=O) groups excluding carboxylic acids is 3. The van der Waals surface area contributed by atoms with Crippen LogP contribution in [0.4, 0.5) is 0 Å². The molecule has 1 fully saturated rings. The van der Waals surface area contributed by atoms with Crippen molar-refractivity contribution < 1.29 is 19.1 Å². The fraction of sp³-hybridized carbons (Fsp3) is 0.480. The van der Waals surface area contributed by atoms with E-state index in [-0.39, 0.29) is 29.6 Å². The van der Waals surface area contributed by atoms with Gasteiger partial charge in [0.2, 0.25) is 5.91 Å². The summed E-state index contributed by atoms with van der Waals surface area (Å²) in [6.45, 7) is 9.22. The third-order valence-corrected chi connectivity index (χ3v) is 6.50. The lowest BCUT2D eigenvalue weighted by molar-refractivity contribution is -0.135. The Morgan fingerprint density at radius 3 is 2.26 bits per heavy atom. The lowest BCUT2D eigenvalue weighted by Gasteiger charge is -2.32. The van der Waals surface area contributed by atoms with Crippen LogP contribution in [0.1, 0.15) is 70.8 Å². The van der Waals surface area contributed by atoms with Crippen LogP contribution in [0, 0.1) is 19.8 Å². The summed E-state index contributed by atoms with van der Waals surface area (Å²) in [4.78, 5) is 40.9. The fourth-order valence-electron chi connectivity index (χ4n) is 4.68. The third kappa shape index (κ3) is 4.03. The van der Waals surface area contributed by atoms with Crippen molar-refractivity contribution in [3.05, 3.63) is 58.4 Å². The number of ketones is 1. The van der Waals surface area contributed by atoms with Crippen molar-refractivity contribution >= 4 is 17.7 Å². The van der Waals surface area contributed by atoms with Gasteiger partial charge in [-0.05, 0) is 58.1 Å². The van der Waals surface area contributed by atoms with E-state index in [9.17, 15) is 14.4 Å². The molecule has 0 unspecified atom stereocenters. The summed E-state index contributed by atoms with van der Waals surface area (Å²) in [5.41, 5.74) is 3.31. The number of hydrogen-bond acceptors (Lipinski definition) is 4. The first-order chi connectivity index (χ1) is 14.6. The number of ether oxygens (including phenoxy) is 1. The molecule has 1 amide bonds. The van der Waals surface area contributed by atoms with Crippen molar-refractivity contribution in [3.63, 3.8) is 0 Å². The van der Waals surface area contributed by atoms with Gasteiger partial charge in [0.1, 0.15) is 5.69 Å². The van der Waals surface area contributed by atoms with Gasteiger partial charge in [-0.1, -0.05) is 30.3 Å². The molecule has 0 bridgehead atoms. The number of methoxy groups -OCH3 is 1. The molecule has 1 aliphatic carbocycles. The summed E-state index contributed by atoms with van der Waals surface area (Å²) >= 11 is 0. The first-order valence-electron chi connectivity index (χ1n) is 10.8. The normalized spacial score (nSPS) is 18.6. The molecule has 1 aromatic carbocycles. The van der Waals surface area contributed by atoms with E-state index in [0.717, 1.165) is 6.42 Å². The zero-order valence-corrected chi connectivity index (χ0v) is 19.4. The average molecular weight is 425 g/mol. The first-order valence-corrected chi connectivity index (χ1v) is 10.8. The number of amides is 1. The van der Waals surface area contributed by atoms with E-state index in [4.69, 9.17) is 4.74 Å². The highest BCUT2D eigenvalue weighted by molar-refractivity contribution is 6.06. The minimum absolute atomic E-state index is 0.0177. The van der Waals surface area contributed by atoms with Gasteiger partial charge < -0.3 is 14.2 Å². The van der Waals surface area contributed by atoms with Crippen molar-refractivity contribution in [1.29, 1.82) is 0 Å². The standard InChI is InChI=1S/C25H32N2O4/c1-14(2)27(24(29)20-13-19(20)18-11-9-8-10-12-18)17(5)23(28)21-15(3)22(25(30)31-7)26(6)16(21)4/h8-12,14,17,19-20H,13H2,1-7H3/t17-,19-,20-/m0/s1. The third-order valence-electron chi connectivity index (χ3n) is 6.50. The van der Waals surface area contributed by atoms with E-state index in [1.807, 2.05) is 39.0 Å². The quantitative estimate of drug-likeness (QED) is 0.497. The van der Waals surface area contributed by atoms with Gasteiger partial charge in [-0.3, -0.25) is 9.59 Å². The molecule has 0 saturated heterocycles. The number of carbonyl (C=O) groups is 3. The van der Waals surface area contributed by atoms with Crippen molar-refractivity contribution in [2.45, 2.75) is 59.0 Å². The molecule has 0 N–H and O–H groups in total. The van der Waals surface area contributed by atoms with E-state index in [1.165, 1.54) is 12.7 Å². The molecule has 0 radical (unpaired) electrons. The second kappa shape index (κ2) is 8.69. The Morgan fingerprint density at radius 1 is 1.10 bits per heavy atom. The molecule has 2 aromatic rings. The van der Waals surface area contributed by atoms with Crippen molar-refractivity contribution in [1.82, 2.24) is 9.47 Å². The van der Waals surface area contributed by atoms with Crippen LogP contribution >= 0.6 is 0 Å². The van der Waals surface area contributed by atoms with Gasteiger partial charge in [0, 0.05) is 30.3 Å². The number of Topliss-reactive ketones (excluding diaryl/α,β-unsaturated/α-hetero) is 1. The van der Waals surface area contributed by atoms with Crippen LogP contribution in [0.15, 0.2) is 30.3 Å². The summed E-state index contributed by atoms with van der Waals surface area (Å²) < 4.78 is 6.58. The smallest absolute Gasteiger partial charge is 0.354 e. The Bertz CT molecular complexity index is 1010. The lowest BCUT2D eigenvalue weighted by atomic mass is 9.98. The summed E-state index contributed by atoms with van der Waals surface area (Å²) in [6.07, 6.45) is 0.808. The number of benzene rings is 1. The highest BCUT2D eigenvalue weighted by atomic mass is 16.5. The van der Waals surface area contributed by atoms with E-state index in [0.29, 0.717) is 22.5 Å². The van der Waals surface area contributed by atoms with Crippen LogP contribution < -0.4 is 0 Å². The van der Waals surface area contributed by atoms with Crippen molar-refractivity contribution in [2.24, 2.45) is 13.0 Å². The molecule has 3 atom stereocenters. The molecule has 1 heterocycles. The molecule has 3 rings (SSSR count). The predicted molar refractivity (Wildman–Crippen MR) is 119 cm³/mol. The first kappa shape index (κ1) is 22.8. The van der Waals surface area contributed by atoms with Crippen LogP contribution in [0.2, 0.25) is 0 Å². The molecule has 166 valence electrons. The van der Waals surface area contributed by atoms with E-state index in [2.05, 4.69) is 12.1 Å². The second-order valence-corrected chi connectivity index (χ2v) is 8.72. The van der Waals surface area contributed by atoms with Crippen molar-refractivity contribution in [2.75, 3.05) is 7.11 Å². The minimum atomic E-state index is -0.630. The molecule has 0 aliphatic heterocycles. The highest BCUT2D eigenvalue weighted by Gasteiger charge is 2.47. The maximum atomic E-state index is 13.5. The van der Waals surface area contributed by atoms with Gasteiger partial charge in [-0.15, -0.1) is 0 Å². The molecule has 1 aliphatic rings. The molecule has 0 spiro atoms. The topological polar surface area (TPSA) is 68.6 Å². The number of hydrogen-bond donors (Lipinski definition) is 0. The fourth-order valence-corrected chi connectivity index (χ4v) is 4.68. The molecular weight excluding hydrogens is 392 g/mol. The summed E-state index contributed by atoms with van der Waals surface area (Å²) in [7, 11) is 3.07. The number of nitrogens with zero attached hydrogens (tertiary/aromatic N) is 2. The molecule has 6 nitrogen and oxygen atoms in total. The van der Waals surface area contributed by atoms with E-state index >= 15 is 0 Å². The van der Waals surface area contributed by atoms with E-state index < -0.39 is 12.0 Å². The largest absolute Gasteiger partial charge is 0.464 e. The lowest BCUT2D eigenvalue weighted by Crippen LogP contribution is -2.48. The predicted octanol–water partition coefficient (Wildman–Crippen LogP) is 4.04. The van der Waals surface area contributed by atoms with Crippen LogP contribution in [0.25, 0.3) is 0 Å². The second-order valence-electron chi connectivity index (χ2n) is 8.72. The molecular formula is C25H32N2O4. The average Bonchev–Trinajstić information content (AvgIpc) is 3.51. The molecule has 6 heteroatoms. The minimum Gasteiger partial charge on any atom is -0.464 e. The Balaban J connectivity index is 1.88. The van der Waals surface area contributed by atoms with Gasteiger partial charge in [0.15, 0.2) is 5.78 Å². The number of esters is 1. The highest BCUT2D eigenvalue weighted by Crippen LogP contribution is 2.49. The van der Waals surface area contributed by atoms with Gasteiger partial charge in [0.25, 0.3) is 0 Å². The number of rotatable bonds is 7. The molecule has 31 heavy (non-hydrogen) atoms. The van der Waals surface area contributed by atoms with Gasteiger partial charge in [-0.25, -0.2) is 4.79 Å². The van der Waals surface area contributed by atoms with E-state index in [1.54, 1.807) is 30.4 Å². The monoisotopic (exact) mass is 424 g/mol. The van der Waals surface area contributed by atoms with Gasteiger partial charge >= 0.3 is 5.97 Å². The van der Waals surface area contributed by atoms with Gasteiger partial charge in [-0.2, -0.15) is 0 Å². The van der Waals surface area contributed by atoms with Crippen LogP contribution in [-0.4, -0.2) is 46.3 Å². The van der Waals surface area contributed by atoms with Crippen molar-refractivity contribution in [3.8, 4) is 0 Å². The van der Waals surface area contributed by atoms with Crippen LogP contribution in [0.5, 0.6) is 0 Å². The SMILES string of the molecule is COC(=O)c1c(C)c(C(=O)[C@H](C)N(C(=O)[C@H]2C[C@H]2c2ccccc2)C(C)C)c(C)n1C. The number of aromatic nitrogens is 1. The summed E-state index contributed by atoms with van der Waals surface area (Å²) in [5, 5.41) is 0. The molecule has 1 aromatic heterocycles. The zero-order chi connectivity index (χ0) is 23.0. The Kier molecular flexibility index (Phi) is 6.39. The Morgan fingerprint density at radius 2 is 1.71 bits per heavy atom. The summed E-state index contributed by atoms with van der Waals surface area (Å²) in [5.74, 6) is -0.494. The Labute approximate surface area is 184 Å². The maximum absolute atomic E-state index is 13.5. The van der Waals surface area contributed by atoms with Crippen LogP contribution in [-0.2, 0) is 16.6 Å².